The summed E-state index contributed by atoms with van der Waals surface area (Å²) in [7, 11) is 2.14. The fraction of sp³-hybridized carbons (Fsp3) is 0.500. The maximum absolute atomic E-state index is 13.8. The van der Waals surface area contributed by atoms with Crippen LogP contribution >= 0.6 is 15.9 Å². The highest BCUT2D eigenvalue weighted by Gasteiger charge is 2.21. The van der Waals surface area contributed by atoms with Crippen LogP contribution in [-0.2, 0) is 0 Å². The molecule has 1 N–H and O–H groups in total. The number of halogens is 2. The molecule has 0 radical (unpaired) electrons. The Hall–Kier alpha value is -2.49. The highest BCUT2D eigenvalue weighted by molar-refractivity contribution is 9.10. The summed E-state index contributed by atoms with van der Waals surface area (Å²) >= 11 is 3.26. The topological polar surface area (TPSA) is 62.8 Å². The van der Waals surface area contributed by atoms with Gasteiger partial charge in [0, 0.05) is 37.5 Å². The van der Waals surface area contributed by atoms with Gasteiger partial charge in [-0.2, -0.15) is 0 Å². The molecule has 0 bridgehead atoms. The van der Waals surface area contributed by atoms with E-state index in [2.05, 4.69) is 48.1 Å². The Bertz CT molecular complexity index is 1200. The van der Waals surface area contributed by atoms with E-state index in [1.807, 2.05) is 12.1 Å². The van der Waals surface area contributed by atoms with Gasteiger partial charge in [0.05, 0.1) is 22.0 Å². The summed E-state index contributed by atoms with van der Waals surface area (Å²) in [6, 6.07) is 8.72. The Labute approximate surface area is 226 Å². The lowest BCUT2D eigenvalue weighted by Gasteiger charge is -2.30. The summed E-state index contributed by atoms with van der Waals surface area (Å²) in [6.45, 7) is 6.11. The largest absolute Gasteiger partial charge is 0.493 e. The molecule has 2 aromatic carbocycles. The Balaban J connectivity index is 1.38. The molecule has 37 heavy (non-hydrogen) atoms. The van der Waals surface area contributed by atoms with Crippen LogP contribution < -0.4 is 14.8 Å². The third-order valence-electron chi connectivity index (χ3n) is 7.15. The van der Waals surface area contributed by atoms with E-state index in [9.17, 15) is 4.39 Å². The molecule has 198 valence electrons. The van der Waals surface area contributed by atoms with Crippen molar-refractivity contribution in [1.82, 2.24) is 19.8 Å². The van der Waals surface area contributed by atoms with E-state index in [4.69, 9.17) is 9.47 Å². The number of likely N-dealkylation sites (tertiary alicyclic amines) is 2. The van der Waals surface area contributed by atoms with E-state index >= 15 is 0 Å². The van der Waals surface area contributed by atoms with E-state index in [1.165, 1.54) is 44.7 Å². The molecule has 1 aromatic heterocycles. The van der Waals surface area contributed by atoms with Crippen molar-refractivity contribution in [2.24, 2.45) is 0 Å². The fourth-order valence-corrected chi connectivity index (χ4v) is 5.43. The molecule has 2 fully saturated rings. The molecule has 2 aliphatic heterocycles. The normalized spacial score (nSPS) is 17.7. The van der Waals surface area contributed by atoms with Crippen LogP contribution in [0.15, 0.2) is 41.1 Å². The lowest BCUT2D eigenvalue weighted by molar-refractivity contribution is 0.115. The van der Waals surface area contributed by atoms with Gasteiger partial charge < -0.3 is 24.6 Å². The van der Waals surface area contributed by atoms with Gasteiger partial charge in [-0.05, 0) is 86.4 Å². The Morgan fingerprint density at radius 2 is 1.86 bits per heavy atom. The standard InChI is InChI=1S/C28H35BrFN5O2/c1-34-13-8-21(9-14-34)37-26-18-22(36-15-5-12-35-10-3-2-4-11-35)17-25-27(26)28(32-19-31-25)33-20-6-7-24(30)23(29)16-20/h6-7,16-19,21H,2-5,8-15H2,1H3,(H,31,32,33). The number of nitrogens with zero attached hydrogens (tertiary/aromatic N) is 4. The quantitative estimate of drug-likeness (QED) is 0.316. The van der Waals surface area contributed by atoms with Crippen molar-refractivity contribution in [3.8, 4) is 11.5 Å². The predicted octanol–water partition coefficient (Wildman–Crippen LogP) is 6.00. The number of fused-ring (bicyclic) bond motifs is 1. The second-order valence-electron chi connectivity index (χ2n) is 10.0. The number of hydrogen-bond donors (Lipinski definition) is 1. The zero-order valence-corrected chi connectivity index (χ0v) is 23.0. The van der Waals surface area contributed by atoms with Crippen molar-refractivity contribution in [2.45, 2.75) is 44.6 Å². The molecule has 0 amide bonds. The lowest BCUT2D eigenvalue weighted by Crippen LogP contribution is -2.35. The highest BCUT2D eigenvalue weighted by Crippen LogP contribution is 2.37. The van der Waals surface area contributed by atoms with Crippen LogP contribution in [0.4, 0.5) is 15.9 Å². The molecular formula is C28H35BrFN5O2. The van der Waals surface area contributed by atoms with Gasteiger partial charge in [-0.15, -0.1) is 0 Å². The first-order chi connectivity index (χ1) is 18.0. The average Bonchev–Trinajstić information content (AvgIpc) is 2.91. The van der Waals surface area contributed by atoms with E-state index < -0.39 is 0 Å². The molecule has 9 heteroatoms. The maximum Gasteiger partial charge on any atom is 0.145 e. The first kappa shape index (κ1) is 26.1. The van der Waals surface area contributed by atoms with Gasteiger partial charge in [-0.1, -0.05) is 6.42 Å². The fourth-order valence-electron chi connectivity index (χ4n) is 5.05. The smallest absolute Gasteiger partial charge is 0.145 e. The van der Waals surface area contributed by atoms with Crippen molar-refractivity contribution >= 4 is 38.3 Å². The molecule has 2 saturated heterocycles. The minimum Gasteiger partial charge on any atom is -0.493 e. The zero-order chi connectivity index (χ0) is 25.6. The second-order valence-corrected chi connectivity index (χ2v) is 10.9. The van der Waals surface area contributed by atoms with Crippen LogP contribution in [0.25, 0.3) is 10.9 Å². The van der Waals surface area contributed by atoms with Crippen molar-refractivity contribution in [2.75, 3.05) is 51.7 Å². The van der Waals surface area contributed by atoms with Gasteiger partial charge in [0.15, 0.2) is 0 Å². The monoisotopic (exact) mass is 571 g/mol. The van der Waals surface area contributed by atoms with Crippen LogP contribution in [0.1, 0.15) is 38.5 Å². The van der Waals surface area contributed by atoms with Crippen molar-refractivity contribution < 1.29 is 13.9 Å². The first-order valence-corrected chi connectivity index (χ1v) is 14.1. The zero-order valence-electron chi connectivity index (χ0n) is 21.4. The summed E-state index contributed by atoms with van der Waals surface area (Å²) in [5, 5.41) is 4.12. The second kappa shape index (κ2) is 12.4. The molecule has 2 aliphatic rings. The molecule has 0 atom stereocenters. The van der Waals surface area contributed by atoms with Crippen molar-refractivity contribution in [3.63, 3.8) is 0 Å². The number of ether oxygens (including phenoxy) is 2. The summed E-state index contributed by atoms with van der Waals surface area (Å²) < 4.78 is 26.9. The minimum absolute atomic E-state index is 0.113. The minimum atomic E-state index is -0.313. The van der Waals surface area contributed by atoms with Gasteiger partial charge in [-0.25, -0.2) is 14.4 Å². The van der Waals surface area contributed by atoms with Crippen molar-refractivity contribution in [3.05, 3.63) is 46.9 Å². The van der Waals surface area contributed by atoms with Crippen LogP contribution in [0.3, 0.4) is 0 Å². The van der Waals surface area contributed by atoms with E-state index in [-0.39, 0.29) is 11.9 Å². The summed E-state index contributed by atoms with van der Waals surface area (Å²) in [5.41, 5.74) is 1.46. The number of piperidine rings is 2. The highest BCUT2D eigenvalue weighted by atomic mass is 79.9. The lowest BCUT2D eigenvalue weighted by atomic mass is 10.1. The first-order valence-electron chi connectivity index (χ1n) is 13.3. The van der Waals surface area contributed by atoms with Gasteiger partial charge in [0.2, 0.25) is 0 Å². The number of aromatic nitrogens is 2. The number of nitrogens with one attached hydrogen (secondary N) is 1. The van der Waals surface area contributed by atoms with Gasteiger partial charge >= 0.3 is 0 Å². The average molecular weight is 573 g/mol. The number of benzene rings is 2. The molecule has 0 unspecified atom stereocenters. The molecule has 0 aliphatic carbocycles. The Morgan fingerprint density at radius 3 is 2.65 bits per heavy atom. The summed E-state index contributed by atoms with van der Waals surface area (Å²) in [6.07, 6.45) is 8.49. The molecule has 5 rings (SSSR count). The van der Waals surface area contributed by atoms with Crippen LogP contribution in [0.5, 0.6) is 11.5 Å². The number of rotatable bonds is 9. The van der Waals surface area contributed by atoms with Crippen LogP contribution in [0, 0.1) is 5.82 Å². The van der Waals surface area contributed by atoms with Crippen LogP contribution in [0.2, 0.25) is 0 Å². The SMILES string of the molecule is CN1CCC(Oc2cc(OCCCN3CCCCC3)cc3ncnc(Nc4ccc(F)c(Br)c4)c23)CC1. The number of hydrogen-bond acceptors (Lipinski definition) is 7. The van der Waals surface area contributed by atoms with Gasteiger partial charge in [0.25, 0.3) is 0 Å². The predicted molar refractivity (Wildman–Crippen MR) is 148 cm³/mol. The third-order valence-corrected chi connectivity index (χ3v) is 7.76. The van der Waals surface area contributed by atoms with E-state index in [1.54, 1.807) is 12.1 Å². The van der Waals surface area contributed by atoms with E-state index in [0.717, 1.165) is 61.2 Å². The molecular weight excluding hydrogens is 537 g/mol. The summed E-state index contributed by atoms with van der Waals surface area (Å²) in [5.74, 6) is 1.76. The molecule has 3 aromatic rings. The van der Waals surface area contributed by atoms with Gasteiger partial charge in [0.1, 0.15) is 35.6 Å². The molecule has 0 saturated carbocycles. The number of anilines is 2. The Morgan fingerprint density at radius 1 is 1.05 bits per heavy atom. The van der Waals surface area contributed by atoms with E-state index in [0.29, 0.717) is 22.6 Å². The maximum atomic E-state index is 13.8. The van der Waals surface area contributed by atoms with Crippen LogP contribution in [-0.4, -0.2) is 72.3 Å². The molecule has 3 heterocycles. The third kappa shape index (κ3) is 6.89. The van der Waals surface area contributed by atoms with Crippen molar-refractivity contribution in [1.29, 1.82) is 0 Å². The molecule has 7 nitrogen and oxygen atoms in total. The van der Waals surface area contributed by atoms with Gasteiger partial charge in [-0.3, -0.25) is 0 Å². The Kier molecular flexibility index (Phi) is 8.74. The molecule has 0 spiro atoms. The summed E-state index contributed by atoms with van der Waals surface area (Å²) in [4.78, 5) is 13.9.